The van der Waals surface area contributed by atoms with Crippen molar-refractivity contribution in [2.45, 2.75) is 64.7 Å². The van der Waals surface area contributed by atoms with Crippen molar-refractivity contribution in [3.8, 4) is 28.0 Å². The third-order valence-electron chi connectivity index (χ3n) is 6.22. The van der Waals surface area contributed by atoms with Gasteiger partial charge >= 0.3 is 6.36 Å². The number of benzene rings is 3. The van der Waals surface area contributed by atoms with Crippen LogP contribution in [0.4, 0.5) is 13.2 Å². The third-order valence-corrected chi connectivity index (χ3v) is 6.22. The molecule has 32 heavy (non-hydrogen) atoms. The van der Waals surface area contributed by atoms with Crippen molar-refractivity contribution < 1.29 is 17.9 Å². The number of alkyl halides is 3. The zero-order valence-electron chi connectivity index (χ0n) is 18.5. The summed E-state index contributed by atoms with van der Waals surface area (Å²) >= 11 is 0. The van der Waals surface area contributed by atoms with Crippen LogP contribution < -0.4 is 4.74 Å². The van der Waals surface area contributed by atoms with Crippen LogP contribution in [0.5, 0.6) is 5.75 Å². The molecule has 1 aliphatic carbocycles. The summed E-state index contributed by atoms with van der Waals surface area (Å²) in [6.07, 6.45) is 4.97. The van der Waals surface area contributed by atoms with Crippen molar-refractivity contribution in [2.75, 3.05) is 0 Å². The molecular weight excluding hydrogens is 409 g/mol. The Morgan fingerprint density at radius 2 is 1.34 bits per heavy atom. The van der Waals surface area contributed by atoms with Crippen molar-refractivity contribution in [2.24, 2.45) is 0 Å². The molecule has 4 rings (SSSR count). The van der Waals surface area contributed by atoms with E-state index in [2.05, 4.69) is 48.1 Å². The summed E-state index contributed by atoms with van der Waals surface area (Å²) in [5.41, 5.74) is 8.60. The lowest BCUT2D eigenvalue weighted by molar-refractivity contribution is -0.274. The number of aryl methyl sites for hydroxylation is 3. The van der Waals surface area contributed by atoms with Crippen LogP contribution in [0.1, 0.15) is 55.7 Å². The van der Waals surface area contributed by atoms with Gasteiger partial charge in [0.05, 0.1) is 0 Å². The Kier molecular flexibility index (Phi) is 6.88. The molecule has 0 saturated carbocycles. The molecule has 4 heteroatoms. The summed E-state index contributed by atoms with van der Waals surface area (Å²) in [5, 5.41) is 0. The lowest BCUT2D eigenvalue weighted by Gasteiger charge is -2.22. The van der Waals surface area contributed by atoms with E-state index in [-0.39, 0.29) is 5.75 Å². The van der Waals surface area contributed by atoms with E-state index >= 15 is 0 Å². The highest BCUT2D eigenvalue weighted by atomic mass is 19.4. The summed E-state index contributed by atoms with van der Waals surface area (Å²) in [7, 11) is 0. The largest absolute Gasteiger partial charge is 0.573 e. The number of hydrogen-bond acceptors (Lipinski definition) is 1. The number of hydrogen-bond donors (Lipinski definition) is 0. The Morgan fingerprint density at radius 1 is 0.719 bits per heavy atom. The van der Waals surface area contributed by atoms with Crippen LogP contribution in [-0.2, 0) is 19.3 Å². The van der Waals surface area contributed by atoms with Gasteiger partial charge in [0.25, 0.3) is 0 Å². The molecule has 0 amide bonds. The molecule has 0 spiro atoms. The zero-order chi connectivity index (χ0) is 22.6. The monoisotopic (exact) mass is 438 g/mol. The smallest absolute Gasteiger partial charge is 0.406 e. The highest BCUT2D eigenvalue weighted by Gasteiger charge is 2.31. The van der Waals surface area contributed by atoms with Gasteiger partial charge in [-0.1, -0.05) is 81.1 Å². The molecule has 168 valence electrons. The number of ether oxygens (including phenoxy) is 1. The minimum Gasteiger partial charge on any atom is -0.406 e. The van der Waals surface area contributed by atoms with Gasteiger partial charge in [0.15, 0.2) is 0 Å². The van der Waals surface area contributed by atoms with Crippen LogP contribution in [0.15, 0.2) is 60.7 Å². The normalized spacial score (nSPS) is 12.9. The molecule has 0 aliphatic heterocycles. The molecule has 3 aromatic rings. The Morgan fingerprint density at radius 3 is 2.03 bits per heavy atom. The van der Waals surface area contributed by atoms with Gasteiger partial charge < -0.3 is 4.74 Å². The minimum atomic E-state index is -4.67. The van der Waals surface area contributed by atoms with Gasteiger partial charge in [-0.15, -0.1) is 13.2 Å². The van der Waals surface area contributed by atoms with Gasteiger partial charge in [-0.25, -0.2) is 0 Å². The van der Waals surface area contributed by atoms with Crippen LogP contribution in [0, 0.1) is 0 Å². The molecule has 0 bridgehead atoms. The average molecular weight is 439 g/mol. The highest BCUT2D eigenvalue weighted by Crippen LogP contribution is 2.37. The summed E-state index contributed by atoms with van der Waals surface area (Å²) in [4.78, 5) is 0. The van der Waals surface area contributed by atoms with E-state index < -0.39 is 6.36 Å². The van der Waals surface area contributed by atoms with Crippen molar-refractivity contribution in [3.63, 3.8) is 0 Å². The maximum atomic E-state index is 12.4. The number of unbranched alkanes of at least 4 members (excludes halogenated alkanes) is 4. The first-order valence-electron chi connectivity index (χ1n) is 11.5. The Balaban J connectivity index is 1.48. The van der Waals surface area contributed by atoms with Crippen molar-refractivity contribution in [3.05, 3.63) is 77.4 Å². The molecule has 0 fully saturated rings. The first-order valence-corrected chi connectivity index (χ1v) is 11.5. The fourth-order valence-corrected chi connectivity index (χ4v) is 4.57. The highest BCUT2D eigenvalue weighted by molar-refractivity contribution is 5.77. The number of rotatable bonds is 8. The second-order valence-electron chi connectivity index (χ2n) is 8.60. The van der Waals surface area contributed by atoms with Crippen LogP contribution >= 0.6 is 0 Å². The maximum Gasteiger partial charge on any atom is 0.573 e. The van der Waals surface area contributed by atoms with Gasteiger partial charge in [-0.3, -0.25) is 0 Å². The molecule has 1 aliphatic rings. The molecule has 1 nitrogen and oxygen atoms in total. The summed E-state index contributed by atoms with van der Waals surface area (Å²) in [5.74, 6) is -0.200. The van der Waals surface area contributed by atoms with Gasteiger partial charge in [0.2, 0.25) is 0 Å². The third kappa shape index (κ3) is 5.53. The molecule has 0 aromatic heterocycles. The molecule has 3 aromatic carbocycles. The summed E-state index contributed by atoms with van der Waals surface area (Å²) in [6.45, 7) is 2.24. The fourth-order valence-electron chi connectivity index (χ4n) is 4.57. The van der Waals surface area contributed by atoms with Crippen LogP contribution in [0.3, 0.4) is 0 Å². The molecule has 0 N–H and O–H groups in total. The van der Waals surface area contributed by atoms with Gasteiger partial charge in [0, 0.05) is 0 Å². The topological polar surface area (TPSA) is 9.23 Å². The van der Waals surface area contributed by atoms with E-state index in [4.69, 9.17) is 0 Å². The molecule has 0 saturated heterocycles. The molecule has 0 heterocycles. The SMILES string of the molecule is CCCCCCCc1ccc2c(c1)CCc1cc(-c3ccc(OC(F)(F)F)cc3)ccc1-2. The molecule has 0 radical (unpaired) electrons. The number of fused-ring (bicyclic) bond motifs is 3. The summed E-state index contributed by atoms with van der Waals surface area (Å²) < 4.78 is 41.1. The van der Waals surface area contributed by atoms with Crippen molar-refractivity contribution >= 4 is 0 Å². The van der Waals surface area contributed by atoms with E-state index in [0.29, 0.717) is 0 Å². The Labute approximate surface area is 188 Å². The van der Waals surface area contributed by atoms with Crippen LogP contribution in [-0.4, -0.2) is 6.36 Å². The quantitative estimate of drug-likeness (QED) is 0.320. The van der Waals surface area contributed by atoms with Crippen LogP contribution in [0.2, 0.25) is 0 Å². The molecule has 0 atom stereocenters. The lowest BCUT2D eigenvalue weighted by Crippen LogP contribution is -2.16. The predicted octanol–water partition coefficient (Wildman–Crippen LogP) is 8.53. The van der Waals surface area contributed by atoms with Crippen molar-refractivity contribution in [1.82, 2.24) is 0 Å². The van der Waals surface area contributed by atoms with E-state index in [9.17, 15) is 13.2 Å². The first-order chi connectivity index (χ1) is 15.4. The van der Waals surface area contributed by atoms with Crippen LogP contribution in [0.25, 0.3) is 22.3 Å². The second-order valence-corrected chi connectivity index (χ2v) is 8.60. The van der Waals surface area contributed by atoms with E-state index in [1.807, 2.05) is 0 Å². The maximum absolute atomic E-state index is 12.4. The molecular formula is C28H29F3O. The first kappa shape index (κ1) is 22.4. The molecule has 0 unspecified atom stereocenters. The van der Waals surface area contributed by atoms with Gasteiger partial charge in [-0.2, -0.15) is 0 Å². The lowest BCUT2D eigenvalue weighted by atomic mass is 9.83. The van der Waals surface area contributed by atoms with Gasteiger partial charge in [0.1, 0.15) is 5.75 Å². The zero-order valence-corrected chi connectivity index (χ0v) is 18.5. The standard InChI is InChI=1S/C28H29F3O/c1-2-3-4-5-6-7-20-8-16-26-23(18-20)9-10-24-19-22(13-17-27(24)26)21-11-14-25(15-12-21)32-28(29,30)31/h8,11-19H,2-7,9-10H2,1H3. The second kappa shape index (κ2) is 9.81. The van der Waals surface area contributed by atoms with E-state index in [1.165, 1.54) is 72.1 Å². The summed E-state index contributed by atoms with van der Waals surface area (Å²) in [6, 6.07) is 19.3. The van der Waals surface area contributed by atoms with E-state index in [1.54, 1.807) is 12.1 Å². The fraction of sp³-hybridized carbons (Fsp3) is 0.357. The van der Waals surface area contributed by atoms with Gasteiger partial charge in [-0.05, 0) is 76.8 Å². The minimum absolute atomic E-state index is 0.200. The predicted molar refractivity (Wildman–Crippen MR) is 124 cm³/mol. The van der Waals surface area contributed by atoms with E-state index in [0.717, 1.165) is 30.4 Å². The average Bonchev–Trinajstić information content (AvgIpc) is 2.78. The van der Waals surface area contributed by atoms with Crippen molar-refractivity contribution in [1.29, 1.82) is 0 Å². The Hall–Kier alpha value is -2.75. The number of halogens is 3. The Bertz CT molecular complexity index is 1050.